The Labute approximate surface area is 118 Å². The van der Waals surface area contributed by atoms with Crippen molar-refractivity contribution >= 4 is 20.8 Å². The average molecular weight is 291 g/mol. The van der Waals surface area contributed by atoms with Crippen molar-refractivity contribution in [1.82, 2.24) is 4.72 Å². The maximum absolute atomic E-state index is 12.6. The fourth-order valence-corrected chi connectivity index (χ4v) is 4.15. The maximum Gasteiger partial charge on any atom is 0.241 e. The fourth-order valence-electron chi connectivity index (χ4n) is 2.58. The van der Waals surface area contributed by atoms with E-state index in [9.17, 15) is 8.42 Å². The molecule has 3 rings (SSSR count). The first kappa shape index (κ1) is 13.5. The van der Waals surface area contributed by atoms with Crippen LogP contribution < -0.4 is 4.72 Å². The summed E-state index contributed by atoms with van der Waals surface area (Å²) >= 11 is 0. The van der Waals surface area contributed by atoms with Crippen molar-refractivity contribution in [3.63, 3.8) is 0 Å². The normalized spacial score (nSPS) is 23.2. The van der Waals surface area contributed by atoms with E-state index < -0.39 is 10.0 Å². The Hall–Kier alpha value is -1.43. The van der Waals surface area contributed by atoms with Gasteiger partial charge in [-0.3, -0.25) is 0 Å². The Morgan fingerprint density at radius 2 is 1.90 bits per heavy atom. The highest BCUT2D eigenvalue weighted by Gasteiger charge is 2.29. The van der Waals surface area contributed by atoms with Gasteiger partial charge in [-0.15, -0.1) is 0 Å². The van der Waals surface area contributed by atoms with Crippen molar-refractivity contribution < 1.29 is 13.2 Å². The fraction of sp³-hybridized carbons (Fsp3) is 0.333. The number of hydrogen-bond donors (Lipinski definition) is 1. The van der Waals surface area contributed by atoms with Gasteiger partial charge >= 0.3 is 0 Å². The van der Waals surface area contributed by atoms with Gasteiger partial charge in [-0.05, 0) is 24.8 Å². The Bertz CT molecular complexity index is 721. The summed E-state index contributed by atoms with van der Waals surface area (Å²) in [5, 5.41) is 1.67. The van der Waals surface area contributed by atoms with E-state index in [0.717, 1.165) is 10.8 Å². The summed E-state index contributed by atoms with van der Waals surface area (Å²) in [6.07, 6.45) is 0.630. The lowest BCUT2D eigenvalue weighted by Crippen LogP contribution is -2.39. The largest absolute Gasteiger partial charge is 0.377 e. The molecule has 0 saturated carbocycles. The second-order valence-electron chi connectivity index (χ2n) is 5.07. The number of benzene rings is 2. The van der Waals surface area contributed by atoms with Crippen molar-refractivity contribution in [2.75, 3.05) is 6.61 Å². The van der Waals surface area contributed by atoms with E-state index in [1.165, 1.54) is 0 Å². The summed E-state index contributed by atoms with van der Waals surface area (Å²) in [5.74, 6) is 0. The second-order valence-corrected chi connectivity index (χ2v) is 6.75. The van der Waals surface area contributed by atoms with Crippen LogP contribution in [0, 0.1) is 0 Å². The van der Waals surface area contributed by atoms with Gasteiger partial charge in [-0.2, -0.15) is 0 Å². The van der Waals surface area contributed by atoms with Gasteiger partial charge in [-0.1, -0.05) is 36.4 Å². The molecule has 106 valence electrons. The molecule has 2 aromatic carbocycles. The predicted octanol–water partition coefficient (Wildman–Crippen LogP) is 2.30. The third kappa shape index (κ3) is 2.44. The van der Waals surface area contributed by atoms with Gasteiger partial charge in [0, 0.05) is 12.0 Å². The Kier molecular flexibility index (Phi) is 3.50. The summed E-state index contributed by atoms with van der Waals surface area (Å²) < 4.78 is 33.3. The molecule has 0 aromatic heterocycles. The van der Waals surface area contributed by atoms with E-state index in [-0.39, 0.29) is 12.1 Å². The quantitative estimate of drug-likeness (QED) is 0.944. The second kappa shape index (κ2) is 5.16. The van der Waals surface area contributed by atoms with Crippen LogP contribution in [-0.2, 0) is 14.8 Å². The average Bonchev–Trinajstić information content (AvgIpc) is 2.83. The van der Waals surface area contributed by atoms with E-state index >= 15 is 0 Å². The Morgan fingerprint density at radius 3 is 2.65 bits per heavy atom. The molecule has 0 spiro atoms. The van der Waals surface area contributed by atoms with Crippen LogP contribution in [0.2, 0.25) is 0 Å². The third-order valence-corrected chi connectivity index (χ3v) is 5.27. The minimum absolute atomic E-state index is 0.0836. The van der Waals surface area contributed by atoms with Gasteiger partial charge in [-0.25, -0.2) is 13.1 Å². The van der Waals surface area contributed by atoms with E-state index in [1.54, 1.807) is 12.1 Å². The molecule has 1 saturated heterocycles. The van der Waals surface area contributed by atoms with E-state index in [0.29, 0.717) is 17.9 Å². The van der Waals surface area contributed by atoms with Crippen molar-refractivity contribution in [2.24, 2.45) is 0 Å². The zero-order valence-electron chi connectivity index (χ0n) is 11.2. The highest BCUT2D eigenvalue weighted by molar-refractivity contribution is 7.89. The van der Waals surface area contributed by atoms with Crippen LogP contribution in [0.3, 0.4) is 0 Å². The molecule has 0 aliphatic carbocycles. The van der Waals surface area contributed by atoms with E-state index in [1.807, 2.05) is 37.3 Å². The van der Waals surface area contributed by atoms with E-state index in [4.69, 9.17) is 4.74 Å². The molecule has 0 bridgehead atoms. The SMILES string of the molecule is CC1OCCC1NS(=O)(=O)c1cccc2ccccc12. The topological polar surface area (TPSA) is 55.4 Å². The first-order chi connectivity index (χ1) is 9.58. The molecule has 5 heteroatoms. The van der Waals surface area contributed by atoms with Crippen LogP contribution in [0.4, 0.5) is 0 Å². The zero-order valence-corrected chi connectivity index (χ0v) is 12.1. The van der Waals surface area contributed by atoms with Crippen LogP contribution in [0.1, 0.15) is 13.3 Å². The van der Waals surface area contributed by atoms with Crippen molar-refractivity contribution in [2.45, 2.75) is 30.4 Å². The monoisotopic (exact) mass is 291 g/mol. The first-order valence-electron chi connectivity index (χ1n) is 6.69. The maximum atomic E-state index is 12.6. The highest BCUT2D eigenvalue weighted by Crippen LogP contribution is 2.24. The summed E-state index contributed by atoms with van der Waals surface area (Å²) in [6.45, 7) is 2.49. The summed E-state index contributed by atoms with van der Waals surface area (Å²) in [7, 11) is -3.53. The summed E-state index contributed by atoms with van der Waals surface area (Å²) in [4.78, 5) is 0.328. The molecular weight excluding hydrogens is 274 g/mol. The number of hydrogen-bond acceptors (Lipinski definition) is 3. The lowest BCUT2D eigenvalue weighted by molar-refractivity contribution is 0.117. The molecule has 1 N–H and O–H groups in total. The van der Waals surface area contributed by atoms with Crippen molar-refractivity contribution in [3.05, 3.63) is 42.5 Å². The molecule has 2 atom stereocenters. The van der Waals surface area contributed by atoms with Crippen LogP contribution in [0.5, 0.6) is 0 Å². The van der Waals surface area contributed by atoms with Crippen LogP contribution in [0.15, 0.2) is 47.4 Å². The third-order valence-electron chi connectivity index (χ3n) is 3.72. The summed E-state index contributed by atoms with van der Waals surface area (Å²) in [6, 6.07) is 12.7. The standard InChI is InChI=1S/C15H17NO3S/c1-11-14(9-10-19-11)16-20(17,18)15-8-4-6-12-5-2-3-7-13(12)15/h2-8,11,14,16H,9-10H2,1H3. The van der Waals surface area contributed by atoms with Crippen LogP contribution in [0.25, 0.3) is 10.8 Å². The molecule has 2 unspecified atom stereocenters. The van der Waals surface area contributed by atoms with Crippen molar-refractivity contribution in [3.8, 4) is 0 Å². The lowest BCUT2D eigenvalue weighted by atomic mass is 10.1. The van der Waals surface area contributed by atoms with Gasteiger partial charge in [0.15, 0.2) is 0 Å². The molecule has 4 nitrogen and oxygen atoms in total. The van der Waals surface area contributed by atoms with Crippen LogP contribution in [-0.4, -0.2) is 27.2 Å². The number of sulfonamides is 1. The summed E-state index contributed by atoms with van der Waals surface area (Å²) in [5.41, 5.74) is 0. The number of ether oxygens (including phenoxy) is 1. The molecule has 0 amide bonds. The minimum atomic E-state index is -3.53. The zero-order chi connectivity index (χ0) is 14.2. The Balaban J connectivity index is 2.01. The van der Waals surface area contributed by atoms with Gasteiger partial charge < -0.3 is 4.74 Å². The molecular formula is C15H17NO3S. The highest BCUT2D eigenvalue weighted by atomic mass is 32.2. The lowest BCUT2D eigenvalue weighted by Gasteiger charge is -2.17. The first-order valence-corrected chi connectivity index (χ1v) is 8.18. The molecule has 20 heavy (non-hydrogen) atoms. The molecule has 1 heterocycles. The van der Waals surface area contributed by atoms with Gasteiger partial charge in [0.1, 0.15) is 0 Å². The number of rotatable bonds is 3. The number of fused-ring (bicyclic) bond motifs is 1. The van der Waals surface area contributed by atoms with Crippen LogP contribution >= 0.6 is 0 Å². The van der Waals surface area contributed by atoms with Gasteiger partial charge in [0.05, 0.1) is 17.0 Å². The minimum Gasteiger partial charge on any atom is -0.377 e. The van der Waals surface area contributed by atoms with Gasteiger partial charge in [0.2, 0.25) is 10.0 Å². The molecule has 0 radical (unpaired) electrons. The predicted molar refractivity (Wildman–Crippen MR) is 78.1 cm³/mol. The molecule has 1 fully saturated rings. The molecule has 2 aromatic rings. The smallest absolute Gasteiger partial charge is 0.241 e. The number of nitrogens with one attached hydrogen (secondary N) is 1. The Morgan fingerprint density at radius 1 is 1.15 bits per heavy atom. The van der Waals surface area contributed by atoms with E-state index in [2.05, 4.69) is 4.72 Å². The van der Waals surface area contributed by atoms with Gasteiger partial charge in [0.25, 0.3) is 0 Å². The molecule has 1 aliphatic heterocycles. The van der Waals surface area contributed by atoms with Crippen molar-refractivity contribution in [1.29, 1.82) is 0 Å². The molecule has 1 aliphatic rings.